The Morgan fingerprint density at radius 1 is 1.10 bits per heavy atom. The number of hydrogen-bond acceptors (Lipinski definition) is 6. The Kier molecular flexibility index (Phi) is 5.32. The summed E-state index contributed by atoms with van der Waals surface area (Å²) in [6, 6.07) is 15.3. The Bertz CT molecular complexity index is 1380. The van der Waals surface area contributed by atoms with Gasteiger partial charge in [0.15, 0.2) is 5.75 Å². The lowest BCUT2D eigenvalue weighted by molar-refractivity contribution is 0.414. The molecule has 0 saturated carbocycles. The van der Waals surface area contributed by atoms with E-state index in [4.69, 9.17) is 20.8 Å². The average Bonchev–Trinajstić information content (AvgIpc) is 2.71. The van der Waals surface area contributed by atoms with Gasteiger partial charge in [0.05, 0.1) is 7.11 Å². The number of aromatic hydroxyl groups is 1. The molecule has 0 saturated heterocycles. The molecule has 0 amide bonds. The molecule has 4 aromatic rings. The predicted molar refractivity (Wildman–Crippen MR) is 117 cm³/mol. The van der Waals surface area contributed by atoms with Crippen LogP contribution in [0.5, 0.6) is 11.5 Å². The number of aromatic nitrogens is 1. The summed E-state index contributed by atoms with van der Waals surface area (Å²) in [6.07, 6.45) is 0. The molecule has 0 aliphatic rings. The molecule has 6 nitrogen and oxygen atoms in total. The summed E-state index contributed by atoms with van der Waals surface area (Å²) in [4.78, 5) is 26.3. The predicted octanol–water partition coefficient (Wildman–Crippen LogP) is 4.77. The fourth-order valence-electron chi connectivity index (χ4n) is 3.15. The van der Waals surface area contributed by atoms with Gasteiger partial charge in [-0.1, -0.05) is 29.4 Å². The zero-order valence-corrected chi connectivity index (χ0v) is 17.6. The topological polar surface area (TPSA) is 81.7 Å². The zero-order chi connectivity index (χ0) is 21.4. The van der Waals surface area contributed by atoms with Crippen LogP contribution < -0.4 is 15.9 Å². The first-order valence-corrected chi connectivity index (χ1v) is 10.1. The first-order chi connectivity index (χ1) is 14.4. The summed E-state index contributed by atoms with van der Waals surface area (Å²) in [6.45, 7) is 1.72. The SMILES string of the molecule is COc1ccc(-n2c(C)cc3oc(=O)c(Sc4cccc(Cl)c4)c(O)c3c2=O)cc1. The van der Waals surface area contributed by atoms with Crippen molar-refractivity contribution in [2.75, 3.05) is 7.11 Å². The van der Waals surface area contributed by atoms with Crippen molar-refractivity contribution in [1.82, 2.24) is 4.57 Å². The lowest BCUT2D eigenvalue weighted by Crippen LogP contribution is -2.22. The van der Waals surface area contributed by atoms with Crippen LogP contribution in [0.15, 0.2) is 78.4 Å². The summed E-state index contributed by atoms with van der Waals surface area (Å²) in [5.74, 6) is 0.234. The second-order valence-electron chi connectivity index (χ2n) is 6.49. The number of methoxy groups -OCH3 is 1. The van der Waals surface area contributed by atoms with Crippen LogP contribution in [0.3, 0.4) is 0 Å². The van der Waals surface area contributed by atoms with Crippen molar-refractivity contribution in [3.05, 3.63) is 86.1 Å². The Morgan fingerprint density at radius 3 is 2.50 bits per heavy atom. The molecule has 0 spiro atoms. The van der Waals surface area contributed by atoms with Gasteiger partial charge in [-0.25, -0.2) is 4.79 Å². The standard InChI is InChI=1S/C22H16ClNO5S/c1-12-10-17-18(21(26)24(12)14-6-8-15(28-2)9-7-14)19(25)20(22(27)29-17)30-16-5-3-4-13(23)11-16/h3-11,25H,1-2H3. The highest BCUT2D eigenvalue weighted by Crippen LogP contribution is 2.36. The van der Waals surface area contributed by atoms with Gasteiger partial charge in [-0.3, -0.25) is 9.36 Å². The van der Waals surface area contributed by atoms with Gasteiger partial charge >= 0.3 is 5.63 Å². The van der Waals surface area contributed by atoms with Gasteiger partial charge in [-0.2, -0.15) is 0 Å². The molecule has 152 valence electrons. The van der Waals surface area contributed by atoms with E-state index in [1.54, 1.807) is 68.6 Å². The fraction of sp³-hybridized carbons (Fsp3) is 0.0909. The highest BCUT2D eigenvalue weighted by Gasteiger charge is 2.21. The maximum Gasteiger partial charge on any atom is 0.354 e. The van der Waals surface area contributed by atoms with Crippen LogP contribution in [-0.4, -0.2) is 16.8 Å². The van der Waals surface area contributed by atoms with Gasteiger partial charge in [-0.15, -0.1) is 0 Å². The fourth-order valence-corrected chi connectivity index (χ4v) is 4.30. The zero-order valence-electron chi connectivity index (χ0n) is 16.0. The summed E-state index contributed by atoms with van der Waals surface area (Å²) < 4.78 is 12.0. The lowest BCUT2D eigenvalue weighted by atomic mass is 10.2. The Morgan fingerprint density at radius 2 is 1.83 bits per heavy atom. The molecular formula is C22H16ClNO5S. The van der Waals surface area contributed by atoms with E-state index in [-0.39, 0.29) is 15.9 Å². The molecule has 0 unspecified atom stereocenters. The van der Waals surface area contributed by atoms with Crippen molar-refractivity contribution in [3.63, 3.8) is 0 Å². The van der Waals surface area contributed by atoms with Gasteiger partial charge in [0.25, 0.3) is 5.56 Å². The first-order valence-electron chi connectivity index (χ1n) is 8.89. The minimum atomic E-state index is -0.731. The number of halogens is 1. The normalized spacial score (nSPS) is 11.0. The van der Waals surface area contributed by atoms with Gasteiger partial charge < -0.3 is 14.3 Å². The van der Waals surface area contributed by atoms with Crippen LogP contribution in [0.1, 0.15) is 5.69 Å². The van der Waals surface area contributed by atoms with Crippen molar-refractivity contribution in [3.8, 4) is 17.2 Å². The van der Waals surface area contributed by atoms with Crippen molar-refractivity contribution < 1.29 is 14.3 Å². The summed E-state index contributed by atoms with van der Waals surface area (Å²) in [7, 11) is 1.56. The highest BCUT2D eigenvalue weighted by atomic mass is 35.5. The van der Waals surface area contributed by atoms with Crippen LogP contribution in [-0.2, 0) is 0 Å². The van der Waals surface area contributed by atoms with Gasteiger partial charge in [0, 0.05) is 27.4 Å². The molecule has 8 heteroatoms. The molecular weight excluding hydrogens is 426 g/mol. The number of ether oxygens (including phenoxy) is 1. The maximum absolute atomic E-state index is 13.3. The second kappa shape index (κ2) is 7.93. The van der Waals surface area contributed by atoms with E-state index in [2.05, 4.69) is 0 Å². The number of fused-ring (bicyclic) bond motifs is 1. The van der Waals surface area contributed by atoms with Gasteiger partial charge in [-0.05, 0) is 49.4 Å². The Labute approximate surface area is 180 Å². The molecule has 0 bridgehead atoms. The van der Waals surface area contributed by atoms with Gasteiger partial charge in [0.2, 0.25) is 0 Å². The van der Waals surface area contributed by atoms with Crippen LogP contribution in [0.25, 0.3) is 16.7 Å². The molecule has 0 aliphatic heterocycles. The Hall–Kier alpha value is -3.16. The number of hydrogen-bond donors (Lipinski definition) is 1. The molecule has 2 heterocycles. The number of nitrogens with zero attached hydrogens (tertiary/aromatic N) is 1. The smallest absolute Gasteiger partial charge is 0.354 e. The van der Waals surface area contributed by atoms with E-state index < -0.39 is 16.9 Å². The van der Waals surface area contributed by atoms with Gasteiger partial charge in [0.1, 0.15) is 21.6 Å². The van der Waals surface area contributed by atoms with Crippen LogP contribution >= 0.6 is 23.4 Å². The van der Waals surface area contributed by atoms with Crippen LogP contribution in [0.2, 0.25) is 5.02 Å². The third kappa shape index (κ3) is 3.58. The molecule has 0 atom stereocenters. The van der Waals surface area contributed by atoms with E-state index in [1.165, 1.54) is 4.57 Å². The molecule has 4 rings (SSSR count). The van der Waals surface area contributed by atoms with Crippen LogP contribution in [0, 0.1) is 6.92 Å². The molecule has 0 fully saturated rings. The third-order valence-electron chi connectivity index (χ3n) is 4.54. The lowest BCUT2D eigenvalue weighted by Gasteiger charge is -2.13. The quantitative estimate of drug-likeness (QED) is 0.491. The molecule has 0 radical (unpaired) electrons. The van der Waals surface area contributed by atoms with Crippen LogP contribution in [0.4, 0.5) is 0 Å². The van der Waals surface area contributed by atoms with E-state index >= 15 is 0 Å². The molecule has 2 aromatic carbocycles. The monoisotopic (exact) mass is 441 g/mol. The third-order valence-corrected chi connectivity index (χ3v) is 5.83. The van der Waals surface area contributed by atoms with Crippen molar-refractivity contribution in [2.24, 2.45) is 0 Å². The second-order valence-corrected chi connectivity index (χ2v) is 8.01. The number of aryl methyl sites for hydroxylation is 1. The molecule has 2 aromatic heterocycles. The van der Waals surface area contributed by atoms with Crippen molar-refractivity contribution in [2.45, 2.75) is 16.7 Å². The largest absolute Gasteiger partial charge is 0.505 e. The number of benzene rings is 2. The summed E-state index contributed by atoms with van der Waals surface area (Å²) >= 11 is 6.98. The maximum atomic E-state index is 13.3. The Balaban J connectivity index is 1.93. The minimum Gasteiger partial charge on any atom is -0.505 e. The average molecular weight is 442 g/mol. The minimum absolute atomic E-state index is 0.0280. The van der Waals surface area contributed by atoms with E-state index in [1.807, 2.05) is 0 Å². The van der Waals surface area contributed by atoms with Crippen molar-refractivity contribution >= 4 is 34.3 Å². The number of pyridine rings is 1. The number of rotatable bonds is 4. The van der Waals surface area contributed by atoms with E-state index in [9.17, 15) is 14.7 Å². The highest BCUT2D eigenvalue weighted by molar-refractivity contribution is 7.99. The molecule has 30 heavy (non-hydrogen) atoms. The van der Waals surface area contributed by atoms with E-state index in [0.29, 0.717) is 27.0 Å². The summed E-state index contributed by atoms with van der Waals surface area (Å²) in [5.41, 5.74) is -0.0548. The first kappa shape index (κ1) is 20.1. The van der Waals surface area contributed by atoms with E-state index in [0.717, 1.165) is 11.8 Å². The van der Waals surface area contributed by atoms with Crippen molar-refractivity contribution in [1.29, 1.82) is 0 Å². The summed E-state index contributed by atoms with van der Waals surface area (Å²) in [5, 5.41) is 11.3. The molecule has 0 aliphatic carbocycles. The molecule has 1 N–H and O–H groups in total.